The van der Waals surface area contributed by atoms with Crippen LogP contribution in [-0.2, 0) is 17.4 Å². The van der Waals surface area contributed by atoms with Crippen molar-refractivity contribution >= 4 is 23.2 Å². The van der Waals surface area contributed by atoms with Crippen molar-refractivity contribution in [2.45, 2.75) is 19.5 Å². The topological polar surface area (TPSA) is 84.2 Å². The van der Waals surface area contributed by atoms with Crippen molar-refractivity contribution in [1.29, 1.82) is 0 Å². The Hall–Kier alpha value is -3.17. The number of halogens is 3. The number of amides is 1. The number of anilines is 2. The fourth-order valence-electron chi connectivity index (χ4n) is 2.38. The van der Waals surface area contributed by atoms with E-state index in [9.17, 15) is 18.0 Å². The van der Waals surface area contributed by atoms with E-state index in [1.807, 2.05) is 12.1 Å². The van der Waals surface area contributed by atoms with Gasteiger partial charge in [0.05, 0.1) is 0 Å². The van der Waals surface area contributed by atoms with Gasteiger partial charge in [-0.3, -0.25) is 4.79 Å². The molecule has 136 valence electrons. The highest BCUT2D eigenvalue weighted by atomic mass is 19.4. The number of benzene rings is 1. The molecule has 26 heavy (non-hydrogen) atoms. The molecule has 0 spiro atoms. The summed E-state index contributed by atoms with van der Waals surface area (Å²) < 4.78 is 40.0. The number of alkyl halides is 3. The molecule has 2 aromatic heterocycles. The Balaban J connectivity index is 1.69. The molecule has 1 amide bonds. The Bertz CT molecular complexity index is 920. The van der Waals surface area contributed by atoms with Gasteiger partial charge >= 0.3 is 6.18 Å². The number of hydrogen-bond acceptors (Lipinski definition) is 5. The third kappa shape index (κ3) is 4.08. The molecule has 3 rings (SSSR count). The molecule has 2 N–H and O–H groups in total. The smallest absolute Gasteiger partial charge is 0.370 e. The van der Waals surface area contributed by atoms with E-state index < -0.39 is 11.9 Å². The van der Waals surface area contributed by atoms with Crippen LogP contribution in [0.1, 0.15) is 18.2 Å². The summed E-state index contributed by atoms with van der Waals surface area (Å²) in [5.41, 5.74) is 0.620. The van der Waals surface area contributed by atoms with Crippen LogP contribution in [-0.4, -0.2) is 32.0 Å². The lowest BCUT2D eigenvalue weighted by Gasteiger charge is -2.11. The summed E-state index contributed by atoms with van der Waals surface area (Å²) in [5.74, 6) is -0.119. The first-order chi connectivity index (χ1) is 12.3. The van der Waals surface area contributed by atoms with E-state index in [1.54, 1.807) is 12.1 Å². The molecule has 7 nitrogen and oxygen atoms in total. The minimum Gasteiger partial charge on any atom is -0.370 e. The standard InChI is InChI=1S/C16H15F3N6O/c1-10(26)23-12-4-2-11(3-5-12)6-7-20-14-8-13(16(17,18)19)24-15-21-9-22-25(14)15/h2-5,8-9,20H,6-7H2,1H3,(H,23,26). The van der Waals surface area contributed by atoms with Crippen molar-refractivity contribution in [2.24, 2.45) is 0 Å². The second kappa shape index (κ2) is 6.98. The summed E-state index contributed by atoms with van der Waals surface area (Å²) in [6.45, 7) is 1.81. The van der Waals surface area contributed by atoms with Gasteiger partial charge in [-0.2, -0.15) is 27.8 Å². The maximum absolute atomic E-state index is 12.9. The van der Waals surface area contributed by atoms with Gasteiger partial charge in [0.25, 0.3) is 5.78 Å². The normalized spacial score (nSPS) is 11.5. The molecule has 0 bridgehead atoms. The molecule has 0 unspecified atom stereocenters. The highest BCUT2D eigenvalue weighted by Gasteiger charge is 2.34. The maximum atomic E-state index is 12.9. The molecule has 0 aliphatic rings. The van der Waals surface area contributed by atoms with Gasteiger partial charge in [0.2, 0.25) is 5.91 Å². The third-order valence-electron chi connectivity index (χ3n) is 3.54. The minimum absolute atomic E-state index is 0.123. The van der Waals surface area contributed by atoms with Crippen LogP contribution in [0, 0.1) is 0 Å². The van der Waals surface area contributed by atoms with Crippen LogP contribution in [0.3, 0.4) is 0 Å². The fourth-order valence-corrected chi connectivity index (χ4v) is 2.38. The van der Waals surface area contributed by atoms with Crippen molar-refractivity contribution in [2.75, 3.05) is 17.2 Å². The number of fused-ring (bicyclic) bond motifs is 1. The van der Waals surface area contributed by atoms with Gasteiger partial charge in [0, 0.05) is 25.2 Å². The molecule has 0 fully saturated rings. The lowest BCUT2D eigenvalue weighted by Crippen LogP contribution is -2.14. The quantitative estimate of drug-likeness (QED) is 0.727. The fraction of sp³-hybridized carbons (Fsp3) is 0.250. The summed E-state index contributed by atoms with van der Waals surface area (Å²) in [7, 11) is 0. The van der Waals surface area contributed by atoms with Gasteiger partial charge < -0.3 is 10.6 Å². The number of nitrogens with one attached hydrogen (secondary N) is 2. The van der Waals surface area contributed by atoms with Gasteiger partial charge in [-0.25, -0.2) is 4.98 Å². The van der Waals surface area contributed by atoms with E-state index in [-0.39, 0.29) is 17.5 Å². The summed E-state index contributed by atoms with van der Waals surface area (Å²) in [6, 6.07) is 8.11. The van der Waals surface area contributed by atoms with Gasteiger partial charge in [-0.15, -0.1) is 0 Å². The van der Waals surface area contributed by atoms with Crippen molar-refractivity contribution < 1.29 is 18.0 Å². The van der Waals surface area contributed by atoms with Crippen molar-refractivity contribution in [3.63, 3.8) is 0 Å². The first kappa shape index (κ1) is 17.6. The number of aromatic nitrogens is 4. The number of carbonyl (C=O) groups is 1. The van der Waals surface area contributed by atoms with Gasteiger partial charge in [-0.1, -0.05) is 12.1 Å². The van der Waals surface area contributed by atoms with E-state index in [4.69, 9.17) is 0 Å². The Morgan fingerprint density at radius 3 is 2.62 bits per heavy atom. The van der Waals surface area contributed by atoms with E-state index in [0.29, 0.717) is 18.7 Å². The van der Waals surface area contributed by atoms with Crippen LogP contribution in [0.4, 0.5) is 24.7 Å². The summed E-state index contributed by atoms with van der Waals surface area (Å²) in [5, 5.41) is 9.48. The average Bonchev–Trinajstić information content (AvgIpc) is 3.04. The summed E-state index contributed by atoms with van der Waals surface area (Å²) in [4.78, 5) is 18.2. The SMILES string of the molecule is CC(=O)Nc1ccc(CCNc2cc(C(F)(F)F)nc3ncnn23)cc1. The zero-order valence-electron chi connectivity index (χ0n) is 13.7. The lowest BCUT2D eigenvalue weighted by atomic mass is 10.1. The molecule has 0 aliphatic heterocycles. The maximum Gasteiger partial charge on any atom is 0.433 e. The van der Waals surface area contributed by atoms with Crippen molar-refractivity contribution in [3.05, 3.63) is 47.9 Å². The average molecular weight is 364 g/mol. The highest BCUT2D eigenvalue weighted by Crippen LogP contribution is 2.29. The first-order valence-electron chi connectivity index (χ1n) is 7.71. The Morgan fingerprint density at radius 1 is 1.23 bits per heavy atom. The van der Waals surface area contributed by atoms with Crippen LogP contribution >= 0.6 is 0 Å². The molecule has 1 aromatic carbocycles. The van der Waals surface area contributed by atoms with Crippen molar-refractivity contribution in [1.82, 2.24) is 19.6 Å². The third-order valence-corrected chi connectivity index (χ3v) is 3.54. The van der Waals surface area contributed by atoms with E-state index in [1.165, 1.54) is 11.4 Å². The number of rotatable bonds is 5. The Morgan fingerprint density at radius 2 is 1.96 bits per heavy atom. The molecule has 0 saturated heterocycles. The van der Waals surface area contributed by atoms with Crippen LogP contribution in [0.2, 0.25) is 0 Å². The zero-order chi connectivity index (χ0) is 18.7. The predicted octanol–water partition coefficient (Wildman–Crippen LogP) is 2.76. The largest absolute Gasteiger partial charge is 0.433 e. The van der Waals surface area contributed by atoms with Crippen LogP contribution in [0.15, 0.2) is 36.7 Å². The van der Waals surface area contributed by atoms with E-state index in [0.717, 1.165) is 18.0 Å². The second-order valence-electron chi connectivity index (χ2n) is 5.55. The van der Waals surface area contributed by atoms with Gasteiger partial charge in [-0.05, 0) is 24.1 Å². The Kier molecular flexibility index (Phi) is 4.74. The molecule has 0 atom stereocenters. The molecular formula is C16H15F3N6O. The predicted molar refractivity (Wildman–Crippen MR) is 88.7 cm³/mol. The molecule has 0 radical (unpaired) electrons. The molecule has 2 heterocycles. The highest BCUT2D eigenvalue weighted by molar-refractivity contribution is 5.88. The molecular weight excluding hydrogens is 349 g/mol. The summed E-state index contributed by atoms with van der Waals surface area (Å²) >= 11 is 0. The summed E-state index contributed by atoms with van der Waals surface area (Å²) in [6.07, 6.45) is -2.85. The number of carbonyl (C=O) groups excluding carboxylic acids is 1. The van der Waals surface area contributed by atoms with Crippen LogP contribution in [0.25, 0.3) is 5.78 Å². The van der Waals surface area contributed by atoms with Crippen LogP contribution < -0.4 is 10.6 Å². The molecule has 3 aromatic rings. The van der Waals surface area contributed by atoms with Crippen molar-refractivity contribution in [3.8, 4) is 0 Å². The molecule has 10 heteroatoms. The molecule has 0 aliphatic carbocycles. The zero-order valence-corrected chi connectivity index (χ0v) is 13.7. The first-order valence-corrected chi connectivity index (χ1v) is 7.71. The van der Waals surface area contributed by atoms with Gasteiger partial charge in [0.1, 0.15) is 12.1 Å². The number of nitrogens with zero attached hydrogens (tertiary/aromatic N) is 4. The number of hydrogen-bond donors (Lipinski definition) is 2. The van der Waals surface area contributed by atoms with E-state index in [2.05, 4.69) is 25.7 Å². The monoisotopic (exact) mass is 364 g/mol. The molecule has 0 saturated carbocycles. The van der Waals surface area contributed by atoms with Crippen LogP contribution in [0.5, 0.6) is 0 Å². The van der Waals surface area contributed by atoms with Gasteiger partial charge in [0.15, 0.2) is 5.69 Å². The second-order valence-corrected chi connectivity index (χ2v) is 5.55. The minimum atomic E-state index is -4.57. The lowest BCUT2D eigenvalue weighted by molar-refractivity contribution is -0.141. The van der Waals surface area contributed by atoms with E-state index >= 15 is 0 Å². The Labute approximate surface area is 146 Å².